The Labute approximate surface area is 140 Å². The average Bonchev–Trinajstić information content (AvgIpc) is 2.69. The number of amides is 1. The van der Waals surface area contributed by atoms with Gasteiger partial charge in [0.2, 0.25) is 0 Å². The molecule has 1 aromatic rings. The summed E-state index contributed by atoms with van der Waals surface area (Å²) in [5, 5.41) is 7.46. The topological polar surface area (TPSA) is 50.2 Å². The van der Waals surface area contributed by atoms with Crippen molar-refractivity contribution in [3.05, 3.63) is 17.0 Å². The van der Waals surface area contributed by atoms with Crippen LogP contribution in [0.3, 0.4) is 0 Å². The van der Waals surface area contributed by atoms with Crippen molar-refractivity contribution in [1.82, 2.24) is 20.0 Å². The number of aryl methyl sites for hydroxylation is 2. The SMILES string of the molecule is Cc1nn(C)c(C)c1C(=O)NCC(C)(C)N1C[C@H](C)C[C@H](C)C1. The first kappa shape index (κ1) is 18.0. The van der Waals surface area contributed by atoms with Crippen molar-refractivity contribution in [2.24, 2.45) is 18.9 Å². The molecule has 5 heteroatoms. The molecule has 0 saturated carbocycles. The van der Waals surface area contributed by atoms with Crippen LogP contribution in [0.1, 0.15) is 55.9 Å². The molecule has 1 fully saturated rings. The molecule has 0 spiro atoms. The fourth-order valence-electron chi connectivity index (χ4n) is 3.76. The van der Waals surface area contributed by atoms with Crippen molar-refractivity contribution in [3.8, 4) is 0 Å². The first-order valence-electron chi connectivity index (χ1n) is 8.65. The van der Waals surface area contributed by atoms with Crippen LogP contribution in [0.5, 0.6) is 0 Å². The van der Waals surface area contributed by atoms with Gasteiger partial charge in [0.15, 0.2) is 0 Å². The Morgan fingerprint density at radius 1 is 1.26 bits per heavy atom. The normalized spacial score (nSPS) is 23.1. The van der Waals surface area contributed by atoms with Crippen molar-refractivity contribution in [2.75, 3.05) is 19.6 Å². The van der Waals surface area contributed by atoms with E-state index in [1.54, 1.807) is 4.68 Å². The second-order valence-corrected chi connectivity index (χ2v) is 8.02. The highest BCUT2D eigenvalue weighted by molar-refractivity contribution is 5.96. The van der Waals surface area contributed by atoms with Gasteiger partial charge in [-0.2, -0.15) is 5.10 Å². The number of carbonyl (C=O) groups excluding carboxylic acids is 1. The number of rotatable bonds is 4. The van der Waals surface area contributed by atoms with Gasteiger partial charge in [0, 0.05) is 37.9 Å². The molecule has 5 nitrogen and oxygen atoms in total. The van der Waals surface area contributed by atoms with Gasteiger partial charge < -0.3 is 5.32 Å². The number of hydrogen-bond acceptors (Lipinski definition) is 3. The molecule has 23 heavy (non-hydrogen) atoms. The maximum absolute atomic E-state index is 12.6. The van der Waals surface area contributed by atoms with Gasteiger partial charge in [-0.05, 0) is 46.0 Å². The summed E-state index contributed by atoms with van der Waals surface area (Å²) in [5.74, 6) is 1.42. The summed E-state index contributed by atoms with van der Waals surface area (Å²) in [4.78, 5) is 15.1. The lowest BCUT2D eigenvalue weighted by Gasteiger charge is -2.45. The van der Waals surface area contributed by atoms with Crippen molar-refractivity contribution in [3.63, 3.8) is 0 Å². The van der Waals surface area contributed by atoms with Gasteiger partial charge in [-0.1, -0.05) is 13.8 Å². The zero-order valence-electron chi connectivity index (χ0n) is 15.7. The van der Waals surface area contributed by atoms with Crippen LogP contribution in [0.4, 0.5) is 0 Å². The van der Waals surface area contributed by atoms with Crippen LogP contribution < -0.4 is 5.32 Å². The molecule has 1 amide bonds. The third kappa shape index (κ3) is 3.94. The molecule has 1 saturated heterocycles. The number of piperidine rings is 1. The maximum atomic E-state index is 12.6. The summed E-state index contributed by atoms with van der Waals surface area (Å²) >= 11 is 0. The quantitative estimate of drug-likeness (QED) is 0.927. The minimum atomic E-state index is -0.0391. The zero-order valence-corrected chi connectivity index (χ0v) is 15.7. The van der Waals surface area contributed by atoms with Gasteiger partial charge >= 0.3 is 0 Å². The van der Waals surface area contributed by atoms with Crippen molar-refractivity contribution in [1.29, 1.82) is 0 Å². The van der Waals surface area contributed by atoms with Crippen LogP contribution in [0.15, 0.2) is 0 Å². The van der Waals surface area contributed by atoms with Crippen LogP contribution in [-0.4, -0.2) is 45.8 Å². The van der Waals surface area contributed by atoms with Crippen LogP contribution in [0, 0.1) is 25.7 Å². The van der Waals surface area contributed by atoms with Crippen LogP contribution in [-0.2, 0) is 7.05 Å². The van der Waals surface area contributed by atoms with E-state index >= 15 is 0 Å². The molecule has 2 heterocycles. The Morgan fingerprint density at radius 3 is 2.30 bits per heavy atom. The summed E-state index contributed by atoms with van der Waals surface area (Å²) in [6.45, 7) is 15.8. The highest BCUT2D eigenvalue weighted by Gasteiger charge is 2.33. The monoisotopic (exact) mass is 320 g/mol. The van der Waals surface area contributed by atoms with Crippen LogP contribution in [0.25, 0.3) is 0 Å². The van der Waals surface area contributed by atoms with Crippen molar-refractivity contribution < 1.29 is 4.79 Å². The largest absolute Gasteiger partial charge is 0.350 e. The van der Waals surface area contributed by atoms with E-state index in [-0.39, 0.29) is 11.4 Å². The summed E-state index contributed by atoms with van der Waals surface area (Å²) < 4.78 is 1.77. The second kappa shape index (κ2) is 6.63. The fraction of sp³-hybridized carbons (Fsp3) is 0.778. The molecule has 0 unspecified atom stereocenters. The van der Waals surface area contributed by atoms with Crippen LogP contribution in [0.2, 0.25) is 0 Å². The number of hydrogen-bond donors (Lipinski definition) is 1. The molecule has 0 bridgehead atoms. The predicted octanol–water partition coefficient (Wildman–Crippen LogP) is 2.52. The number of nitrogens with one attached hydrogen (secondary N) is 1. The number of aromatic nitrogens is 2. The molecule has 2 atom stereocenters. The first-order chi connectivity index (χ1) is 10.6. The molecule has 0 radical (unpaired) electrons. The summed E-state index contributed by atoms with van der Waals surface area (Å²) in [5.41, 5.74) is 2.38. The first-order valence-corrected chi connectivity index (χ1v) is 8.65. The molecule has 1 aromatic heterocycles. The van der Waals surface area contributed by atoms with Gasteiger partial charge in [-0.3, -0.25) is 14.4 Å². The predicted molar refractivity (Wildman–Crippen MR) is 93.6 cm³/mol. The molecule has 0 aromatic carbocycles. The molecular formula is C18H32N4O. The van der Waals surface area contributed by atoms with Crippen LogP contribution >= 0.6 is 0 Å². The smallest absolute Gasteiger partial charge is 0.255 e. The van der Waals surface area contributed by atoms with E-state index < -0.39 is 0 Å². The van der Waals surface area contributed by atoms with Gasteiger partial charge in [0.05, 0.1) is 11.3 Å². The molecule has 130 valence electrons. The minimum Gasteiger partial charge on any atom is -0.350 e. The van der Waals surface area contributed by atoms with E-state index in [0.717, 1.165) is 36.3 Å². The third-order valence-corrected chi connectivity index (χ3v) is 5.14. The zero-order chi connectivity index (χ0) is 17.4. The van der Waals surface area contributed by atoms with Crippen molar-refractivity contribution >= 4 is 5.91 Å². The highest BCUT2D eigenvalue weighted by atomic mass is 16.1. The number of likely N-dealkylation sites (tertiary alicyclic amines) is 1. The third-order valence-electron chi connectivity index (χ3n) is 5.14. The molecular weight excluding hydrogens is 288 g/mol. The number of carbonyl (C=O) groups is 1. The average molecular weight is 320 g/mol. The lowest BCUT2D eigenvalue weighted by molar-refractivity contribution is 0.0445. The standard InChI is InChI=1S/C18H32N4O/c1-12-8-13(2)10-22(9-12)18(5,6)11-19-17(23)16-14(3)20-21(7)15(16)4/h12-13H,8-11H2,1-7H3,(H,19,23)/t12-,13+. The Balaban J connectivity index is 2.02. The molecule has 2 rings (SSSR count). The lowest BCUT2D eigenvalue weighted by Crippen LogP contribution is -2.56. The minimum absolute atomic E-state index is 0.0146. The van der Waals surface area contributed by atoms with Gasteiger partial charge in [0.25, 0.3) is 5.91 Å². The summed E-state index contributed by atoms with van der Waals surface area (Å²) in [6.07, 6.45) is 1.30. The maximum Gasteiger partial charge on any atom is 0.255 e. The Morgan fingerprint density at radius 2 is 1.83 bits per heavy atom. The fourth-order valence-corrected chi connectivity index (χ4v) is 3.76. The molecule has 0 aliphatic carbocycles. The second-order valence-electron chi connectivity index (χ2n) is 8.02. The van der Waals surface area contributed by atoms with Gasteiger partial charge in [-0.25, -0.2) is 0 Å². The van der Waals surface area contributed by atoms with Gasteiger partial charge in [0.1, 0.15) is 0 Å². The molecule has 1 N–H and O–H groups in total. The highest BCUT2D eigenvalue weighted by Crippen LogP contribution is 2.27. The lowest BCUT2D eigenvalue weighted by atomic mass is 9.88. The Hall–Kier alpha value is -1.36. The van der Waals surface area contributed by atoms with E-state index in [1.807, 2.05) is 20.9 Å². The van der Waals surface area contributed by atoms with E-state index in [9.17, 15) is 4.79 Å². The Kier molecular flexibility index (Phi) is 5.19. The number of nitrogens with zero attached hydrogens (tertiary/aromatic N) is 3. The van der Waals surface area contributed by atoms with Gasteiger partial charge in [-0.15, -0.1) is 0 Å². The Bertz CT molecular complexity index is 566. The van der Waals surface area contributed by atoms with E-state index in [1.165, 1.54) is 6.42 Å². The van der Waals surface area contributed by atoms with E-state index in [0.29, 0.717) is 12.1 Å². The summed E-state index contributed by atoms with van der Waals surface area (Å²) in [7, 11) is 1.87. The van der Waals surface area contributed by atoms with E-state index in [4.69, 9.17) is 0 Å². The molecule has 1 aliphatic heterocycles. The summed E-state index contributed by atoms with van der Waals surface area (Å²) in [6, 6.07) is 0. The molecule has 1 aliphatic rings. The van der Waals surface area contributed by atoms with Crippen molar-refractivity contribution in [2.45, 2.75) is 53.5 Å². The van der Waals surface area contributed by atoms with E-state index in [2.05, 4.69) is 43.0 Å².